The quantitative estimate of drug-likeness (QED) is 0.465. The molecule has 0 aliphatic carbocycles. The van der Waals surface area contributed by atoms with E-state index in [2.05, 4.69) is 36.7 Å². The van der Waals surface area contributed by atoms with Gasteiger partial charge in [-0.15, -0.1) is 0 Å². The monoisotopic (exact) mass is 356 g/mol. The Morgan fingerprint density at radius 3 is 1.76 bits per heavy atom. The predicted octanol–water partition coefficient (Wildman–Crippen LogP) is 5.89. The van der Waals surface area contributed by atoms with Crippen LogP contribution in [-0.4, -0.2) is 0 Å². The van der Waals surface area contributed by atoms with E-state index in [4.69, 9.17) is 0 Å². The van der Waals surface area contributed by atoms with Crippen LogP contribution in [0.25, 0.3) is 0 Å². The van der Waals surface area contributed by atoms with Gasteiger partial charge in [0, 0.05) is 0 Å². The number of hydrogen-bond acceptors (Lipinski definition) is 0. The molecule has 0 aromatic heterocycles. The van der Waals surface area contributed by atoms with Gasteiger partial charge in [-0.3, -0.25) is 0 Å². The van der Waals surface area contributed by atoms with E-state index in [1.54, 1.807) is 0 Å². The molecule has 2 rings (SSSR count). The maximum atomic E-state index is 13.3. The first kappa shape index (κ1) is 16.1. The van der Waals surface area contributed by atoms with Crippen molar-refractivity contribution < 1.29 is 13.2 Å². The molecule has 1 unspecified atom stereocenters. The van der Waals surface area contributed by atoms with Crippen molar-refractivity contribution in [3.63, 3.8) is 0 Å². The van der Waals surface area contributed by atoms with Gasteiger partial charge in [-0.05, 0) is 34.2 Å². The summed E-state index contributed by atoms with van der Waals surface area (Å²) in [7, 11) is 0. The second-order valence-corrected chi connectivity index (χ2v) is 6.95. The van der Waals surface area contributed by atoms with Crippen LogP contribution in [0.4, 0.5) is 13.2 Å². The summed E-state index contributed by atoms with van der Waals surface area (Å²) in [6.07, 6.45) is 0. The number of benzene rings is 2. The van der Waals surface area contributed by atoms with Gasteiger partial charge < -0.3 is 0 Å². The molecule has 2 aromatic rings. The molecule has 0 saturated heterocycles. The third-order valence-corrected chi connectivity index (χ3v) is 4.43. The van der Waals surface area contributed by atoms with Crippen LogP contribution in [0.1, 0.15) is 42.3 Å². The average Bonchev–Trinajstić information content (AvgIpc) is 2.42. The van der Waals surface area contributed by atoms with Gasteiger partial charge in [0.15, 0.2) is 17.5 Å². The Labute approximate surface area is 131 Å². The zero-order chi connectivity index (χ0) is 15.8. The molecule has 112 valence electrons. The lowest BCUT2D eigenvalue weighted by molar-refractivity contribution is 0.445. The molecule has 0 bridgehead atoms. The minimum atomic E-state index is -1.44. The molecule has 2 aromatic carbocycles. The molecule has 1 atom stereocenters. The van der Waals surface area contributed by atoms with Gasteiger partial charge in [0.2, 0.25) is 0 Å². The third kappa shape index (κ3) is 3.49. The second kappa shape index (κ2) is 5.84. The van der Waals surface area contributed by atoms with Gasteiger partial charge in [-0.2, -0.15) is 0 Å². The molecule has 4 heteroatoms. The molecule has 0 radical (unpaired) electrons. The largest absolute Gasteiger partial charge is 0.204 e. The highest BCUT2D eigenvalue weighted by molar-refractivity contribution is 9.09. The van der Waals surface area contributed by atoms with Crippen molar-refractivity contribution in [2.24, 2.45) is 0 Å². The third-order valence-electron chi connectivity index (χ3n) is 3.37. The fourth-order valence-electron chi connectivity index (χ4n) is 2.07. The Hall–Kier alpha value is -1.29. The highest BCUT2D eigenvalue weighted by Crippen LogP contribution is 2.33. The van der Waals surface area contributed by atoms with E-state index >= 15 is 0 Å². The minimum Gasteiger partial charge on any atom is -0.204 e. The number of halogens is 4. The number of rotatable bonds is 2. The van der Waals surface area contributed by atoms with Gasteiger partial charge in [0.1, 0.15) is 0 Å². The van der Waals surface area contributed by atoms with Crippen molar-refractivity contribution in [1.29, 1.82) is 0 Å². The van der Waals surface area contributed by atoms with E-state index in [0.29, 0.717) is 5.56 Å². The summed E-state index contributed by atoms with van der Waals surface area (Å²) in [5.74, 6) is -3.80. The summed E-state index contributed by atoms with van der Waals surface area (Å²) >= 11 is 3.41. The molecule has 0 fully saturated rings. The van der Waals surface area contributed by atoms with Gasteiger partial charge in [-0.1, -0.05) is 61.0 Å². The smallest absolute Gasteiger partial charge is 0.194 e. The van der Waals surface area contributed by atoms with Gasteiger partial charge in [0.25, 0.3) is 0 Å². The van der Waals surface area contributed by atoms with Crippen molar-refractivity contribution in [2.45, 2.75) is 31.0 Å². The summed E-state index contributed by atoms with van der Waals surface area (Å²) in [6, 6.07) is 9.79. The van der Waals surface area contributed by atoms with E-state index in [0.717, 1.165) is 17.7 Å². The minimum absolute atomic E-state index is 0.0361. The first-order valence-corrected chi connectivity index (χ1v) is 7.50. The molecule has 0 nitrogen and oxygen atoms in total. The zero-order valence-electron chi connectivity index (χ0n) is 12.1. The standard InChI is InChI=1S/C17H16BrF3/c1-17(2,3)12-6-4-10(5-7-12)15(18)11-8-13(19)16(21)14(20)9-11/h4-9,15H,1-3H3. The highest BCUT2D eigenvalue weighted by Gasteiger charge is 2.18. The SMILES string of the molecule is CC(C)(C)c1ccc(C(Br)c2cc(F)c(F)c(F)c2)cc1. The van der Waals surface area contributed by atoms with Crippen molar-refractivity contribution in [2.75, 3.05) is 0 Å². The van der Waals surface area contributed by atoms with E-state index in [9.17, 15) is 13.2 Å². The maximum Gasteiger partial charge on any atom is 0.194 e. The van der Waals surface area contributed by atoms with Gasteiger partial charge >= 0.3 is 0 Å². The Morgan fingerprint density at radius 1 is 0.857 bits per heavy atom. The lowest BCUT2D eigenvalue weighted by Gasteiger charge is -2.20. The summed E-state index contributed by atoms with van der Waals surface area (Å²) in [5.41, 5.74) is 2.40. The Bertz CT molecular complexity index is 619. The molecule has 0 heterocycles. The molecule has 0 aliphatic rings. The number of alkyl halides is 1. The summed E-state index contributed by atoms with van der Waals surface area (Å²) in [5, 5.41) is 0. The van der Waals surface area contributed by atoms with E-state index < -0.39 is 22.3 Å². The van der Waals surface area contributed by atoms with Crippen LogP contribution in [0.5, 0.6) is 0 Å². The maximum absolute atomic E-state index is 13.3. The highest BCUT2D eigenvalue weighted by atomic mass is 79.9. The lowest BCUT2D eigenvalue weighted by atomic mass is 9.86. The molecule has 0 spiro atoms. The fourth-order valence-corrected chi connectivity index (χ4v) is 2.64. The van der Waals surface area contributed by atoms with Crippen molar-refractivity contribution >= 4 is 15.9 Å². The van der Waals surface area contributed by atoms with E-state index in [-0.39, 0.29) is 5.41 Å². The molecule has 0 aliphatic heterocycles. The topological polar surface area (TPSA) is 0 Å². The Morgan fingerprint density at radius 2 is 1.33 bits per heavy atom. The zero-order valence-corrected chi connectivity index (χ0v) is 13.6. The van der Waals surface area contributed by atoms with Gasteiger partial charge in [0.05, 0.1) is 4.83 Å². The molecular formula is C17H16BrF3. The van der Waals surface area contributed by atoms with E-state index in [1.807, 2.05) is 24.3 Å². The van der Waals surface area contributed by atoms with Crippen LogP contribution in [0, 0.1) is 17.5 Å². The summed E-state index contributed by atoms with van der Waals surface area (Å²) in [4.78, 5) is -0.392. The van der Waals surface area contributed by atoms with Crippen LogP contribution in [0.3, 0.4) is 0 Å². The van der Waals surface area contributed by atoms with Gasteiger partial charge in [-0.25, -0.2) is 13.2 Å². The first-order chi connectivity index (χ1) is 9.70. The molecular weight excluding hydrogens is 341 g/mol. The van der Waals surface area contributed by atoms with Crippen LogP contribution < -0.4 is 0 Å². The van der Waals surface area contributed by atoms with Crippen LogP contribution >= 0.6 is 15.9 Å². The fraction of sp³-hybridized carbons (Fsp3) is 0.294. The Kier molecular flexibility index (Phi) is 4.47. The van der Waals surface area contributed by atoms with Crippen molar-refractivity contribution in [3.05, 3.63) is 70.5 Å². The normalized spacial score (nSPS) is 13.3. The first-order valence-electron chi connectivity index (χ1n) is 6.59. The van der Waals surface area contributed by atoms with Crippen molar-refractivity contribution in [3.8, 4) is 0 Å². The molecule has 0 saturated carbocycles. The molecule has 21 heavy (non-hydrogen) atoms. The summed E-state index contributed by atoms with van der Waals surface area (Å²) in [6.45, 7) is 6.33. The lowest BCUT2D eigenvalue weighted by Crippen LogP contribution is -2.10. The van der Waals surface area contributed by atoms with Crippen LogP contribution in [-0.2, 0) is 5.41 Å². The molecule has 0 amide bonds. The summed E-state index contributed by atoms with van der Waals surface area (Å²) < 4.78 is 39.6. The average molecular weight is 357 g/mol. The van der Waals surface area contributed by atoms with Crippen LogP contribution in [0.15, 0.2) is 36.4 Å². The predicted molar refractivity (Wildman–Crippen MR) is 82.2 cm³/mol. The van der Waals surface area contributed by atoms with Crippen molar-refractivity contribution in [1.82, 2.24) is 0 Å². The number of hydrogen-bond donors (Lipinski definition) is 0. The van der Waals surface area contributed by atoms with E-state index in [1.165, 1.54) is 5.56 Å². The van der Waals surface area contributed by atoms with Crippen LogP contribution in [0.2, 0.25) is 0 Å². The Balaban J connectivity index is 2.34. The second-order valence-electron chi connectivity index (χ2n) is 6.03. The molecule has 0 N–H and O–H groups in total.